The first-order valence-electron chi connectivity index (χ1n) is 8.04. The third-order valence-electron chi connectivity index (χ3n) is 3.66. The van der Waals surface area contributed by atoms with Crippen molar-refractivity contribution in [2.75, 3.05) is 6.61 Å². The number of hydrogen-bond donors (Lipinski definition) is 1. The molecule has 0 unspecified atom stereocenters. The summed E-state index contributed by atoms with van der Waals surface area (Å²) in [5.41, 5.74) is 0.207. The van der Waals surface area contributed by atoms with E-state index in [4.69, 9.17) is 4.74 Å². The second-order valence-corrected chi connectivity index (χ2v) is 5.54. The predicted octanol–water partition coefficient (Wildman–Crippen LogP) is 3.40. The van der Waals surface area contributed by atoms with Crippen LogP contribution < -0.4 is 5.32 Å². The molecule has 1 N–H and O–H groups in total. The minimum Gasteiger partial charge on any atom is -0.466 e. The molecule has 0 heterocycles. The molecule has 1 atom stereocenters. The lowest BCUT2D eigenvalue weighted by atomic mass is 10.00. The Hall–Kier alpha value is -2.67. The molecule has 0 bridgehead atoms. The van der Waals surface area contributed by atoms with Crippen LogP contribution in [-0.4, -0.2) is 24.4 Å². The number of carbonyl (C=O) groups is 2. The highest BCUT2D eigenvalue weighted by atomic mass is 19.2. The molecule has 0 saturated heterocycles. The van der Waals surface area contributed by atoms with Gasteiger partial charge in [-0.05, 0) is 18.6 Å². The Morgan fingerprint density at radius 1 is 1.04 bits per heavy atom. The topological polar surface area (TPSA) is 55.4 Å². The first-order valence-corrected chi connectivity index (χ1v) is 8.04. The third-order valence-corrected chi connectivity index (χ3v) is 3.66. The van der Waals surface area contributed by atoms with E-state index in [2.05, 4.69) is 5.32 Å². The van der Waals surface area contributed by atoms with Crippen LogP contribution in [0.5, 0.6) is 0 Å². The number of Topliss-reactive ketones (excluding diaryl/α,β-unsaturated/α-hetero) is 1. The first kappa shape index (κ1) is 19.7. The van der Waals surface area contributed by atoms with Crippen molar-refractivity contribution in [3.63, 3.8) is 0 Å². The molecule has 4 nitrogen and oxygen atoms in total. The first-order chi connectivity index (χ1) is 12.4. The number of hydrogen-bond acceptors (Lipinski definition) is 4. The molecule has 2 aromatic rings. The number of carbonyl (C=O) groups excluding carboxylic acids is 2. The SMILES string of the molecule is CCOC(=O)C[C@H](NCc1ccccc1)C(=O)c1cc(F)c(F)cc1F. The van der Waals surface area contributed by atoms with E-state index in [1.807, 2.05) is 6.07 Å². The van der Waals surface area contributed by atoms with Gasteiger partial charge in [0.05, 0.1) is 24.6 Å². The highest BCUT2D eigenvalue weighted by molar-refractivity contribution is 6.02. The van der Waals surface area contributed by atoms with Gasteiger partial charge in [0, 0.05) is 12.6 Å². The highest BCUT2D eigenvalue weighted by Gasteiger charge is 2.27. The lowest BCUT2D eigenvalue weighted by Crippen LogP contribution is -2.39. The molecule has 26 heavy (non-hydrogen) atoms. The highest BCUT2D eigenvalue weighted by Crippen LogP contribution is 2.17. The van der Waals surface area contributed by atoms with Gasteiger partial charge in [0.1, 0.15) is 5.82 Å². The summed E-state index contributed by atoms with van der Waals surface area (Å²) < 4.78 is 45.2. The van der Waals surface area contributed by atoms with Crippen molar-refractivity contribution < 1.29 is 27.5 Å². The van der Waals surface area contributed by atoms with Crippen molar-refractivity contribution >= 4 is 11.8 Å². The largest absolute Gasteiger partial charge is 0.466 e. The number of benzene rings is 2. The van der Waals surface area contributed by atoms with E-state index in [1.54, 1.807) is 31.2 Å². The molecule has 7 heteroatoms. The number of esters is 1. The van der Waals surface area contributed by atoms with Crippen LogP contribution in [-0.2, 0) is 16.1 Å². The Bertz CT molecular complexity index is 781. The van der Waals surface area contributed by atoms with Crippen molar-refractivity contribution in [2.45, 2.75) is 25.9 Å². The van der Waals surface area contributed by atoms with E-state index in [9.17, 15) is 22.8 Å². The van der Waals surface area contributed by atoms with Crippen molar-refractivity contribution in [3.8, 4) is 0 Å². The number of halogens is 3. The van der Waals surface area contributed by atoms with Crippen LogP contribution in [0.2, 0.25) is 0 Å². The Kier molecular flexibility index (Phi) is 6.91. The van der Waals surface area contributed by atoms with Gasteiger partial charge in [-0.25, -0.2) is 13.2 Å². The minimum absolute atomic E-state index is 0.123. The van der Waals surface area contributed by atoms with Crippen molar-refractivity contribution in [1.29, 1.82) is 0 Å². The lowest BCUT2D eigenvalue weighted by molar-refractivity contribution is -0.143. The number of nitrogens with one attached hydrogen (secondary N) is 1. The van der Waals surface area contributed by atoms with Gasteiger partial charge >= 0.3 is 5.97 Å². The summed E-state index contributed by atoms with van der Waals surface area (Å²) in [6.07, 6.45) is -0.363. The molecule has 0 amide bonds. The summed E-state index contributed by atoms with van der Waals surface area (Å²) in [5.74, 6) is -5.44. The van der Waals surface area contributed by atoms with Gasteiger partial charge in [-0.1, -0.05) is 30.3 Å². The number of rotatable bonds is 8. The van der Waals surface area contributed by atoms with Crippen LogP contribution in [0, 0.1) is 17.5 Å². The predicted molar refractivity (Wildman–Crippen MR) is 89.0 cm³/mol. The van der Waals surface area contributed by atoms with Gasteiger partial charge in [0.15, 0.2) is 17.4 Å². The van der Waals surface area contributed by atoms with E-state index in [1.165, 1.54) is 0 Å². The maximum absolute atomic E-state index is 13.9. The molecule has 2 aromatic carbocycles. The Morgan fingerprint density at radius 2 is 1.69 bits per heavy atom. The van der Waals surface area contributed by atoms with Gasteiger partial charge in [-0.3, -0.25) is 9.59 Å². The molecule has 0 fully saturated rings. The van der Waals surface area contributed by atoms with Crippen molar-refractivity contribution in [3.05, 3.63) is 71.0 Å². The minimum atomic E-state index is -1.39. The fraction of sp³-hybridized carbons (Fsp3) is 0.263. The Morgan fingerprint density at radius 3 is 2.35 bits per heavy atom. The zero-order valence-electron chi connectivity index (χ0n) is 14.1. The van der Waals surface area contributed by atoms with E-state index >= 15 is 0 Å². The standard InChI is InChI=1S/C19H18F3NO3/c1-2-26-18(24)10-17(23-11-12-6-4-3-5-7-12)19(25)13-8-15(21)16(22)9-14(13)20/h3-9,17,23H,2,10-11H2,1H3/t17-/m0/s1. The van der Waals surface area contributed by atoms with Crippen molar-refractivity contribution in [1.82, 2.24) is 5.32 Å². The summed E-state index contributed by atoms with van der Waals surface area (Å²) in [6.45, 7) is 1.96. The summed E-state index contributed by atoms with van der Waals surface area (Å²) in [4.78, 5) is 24.4. The van der Waals surface area contributed by atoms with Crippen LogP contribution in [0.15, 0.2) is 42.5 Å². The fourth-order valence-corrected chi connectivity index (χ4v) is 2.38. The van der Waals surface area contributed by atoms with E-state index in [0.717, 1.165) is 5.56 Å². The van der Waals surface area contributed by atoms with Gasteiger partial charge in [0.2, 0.25) is 0 Å². The number of ether oxygens (including phenoxy) is 1. The Labute approximate surface area is 149 Å². The van der Waals surface area contributed by atoms with Crippen LogP contribution in [0.3, 0.4) is 0 Å². The van der Waals surface area contributed by atoms with Gasteiger partial charge in [-0.15, -0.1) is 0 Å². The fourth-order valence-electron chi connectivity index (χ4n) is 2.38. The molecule has 0 radical (unpaired) electrons. The zero-order chi connectivity index (χ0) is 19.1. The van der Waals surface area contributed by atoms with Crippen LogP contribution in [0.25, 0.3) is 0 Å². The second kappa shape index (κ2) is 9.15. The van der Waals surface area contributed by atoms with Crippen molar-refractivity contribution in [2.24, 2.45) is 0 Å². The third kappa shape index (κ3) is 5.16. The normalized spacial score (nSPS) is 11.8. The Balaban J connectivity index is 2.22. The molecule has 0 aliphatic rings. The monoisotopic (exact) mass is 365 g/mol. The molecular formula is C19H18F3NO3. The van der Waals surface area contributed by atoms with E-state index < -0.39 is 40.8 Å². The maximum Gasteiger partial charge on any atom is 0.307 e. The average molecular weight is 365 g/mol. The zero-order valence-corrected chi connectivity index (χ0v) is 14.1. The lowest BCUT2D eigenvalue weighted by Gasteiger charge is -2.17. The summed E-state index contributed by atoms with van der Waals surface area (Å²) in [6, 6.07) is 8.68. The molecule has 0 aliphatic heterocycles. The van der Waals surface area contributed by atoms with Crippen LogP contribution in [0.1, 0.15) is 29.3 Å². The maximum atomic E-state index is 13.9. The van der Waals surface area contributed by atoms with E-state index in [-0.39, 0.29) is 19.6 Å². The van der Waals surface area contributed by atoms with E-state index in [0.29, 0.717) is 12.1 Å². The quantitative estimate of drug-likeness (QED) is 0.443. The molecule has 0 aliphatic carbocycles. The molecule has 138 valence electrons. The van der Waals surface area contributed by atoms with Gasteiger partial charge < -0.3 is 10.1 Å². The molecular weight excluding hydrogens is 347 g/mol. The van der Waals surface area contributed by atoms with Crippen LogP contribution >= 0.6 is 0 Å². The average Bonchev–Trinajstić information content (AvgIpc) is 2.62. The second-order valence-electron chi connectivity index (χ2n) is 5.54. The summed E-state index contributed by atoms with van der Waals surface area (Å²) in [5, 5.41) is 2.85. The smallest absolute Gasteiger partial charge is 0.307 e. The molecule has 0 saturated carbocycles. The summed E-state index contributed by atoms with van der Waals surface area (Å²) in [7, 11) is 0. The molecule has 0 aromatic heterocycles. The van der Waals surface area contributed by atoms with Gasteiger partial charge in [0.25, 0.3) is 0 Å². The van der Waals surface area contributed by atoms with Gasteiger partial charge in [-0.2, -0.15) is 0 Å². The number of ketones is 1. The molecule has 2 rings (SSSR count). The summed E-state index contributed by atoms with van der Waals surface area (Å²) >= 11 is 0. The molecule has 0 spiro atoms. The van der Waals surface area contributed by atoms with Crippen LogP contribution in [0.4, 0.5) is 13.2 Å².